The van der Waals surface area contributed by atoms with Crippen molar-refractivity contribution >= 4 is 17.4 Å². The van der Waals surface area contributed by atoms with Gasteiger partial charge < -0.3 is 5.32 Å². The lowest BCUT2D eigenvalue weighted by Gasteiger charge is -2.39. The van der Waals surface area contributed by atoms with Crippen LogP contribution in [0.25, 0.3) is 0 Å². The van der Waals surface area contributed by atoms with Crippen molar-refractivity contribution in [2.45, 2.75) is 51.0 Å². The van der Waals surface area contributed by atoms with Crippen LogP contribution in [0.2, 0.25) is 0 Å². The van der Waals surface area contributed by atoms with E-state index in [-0.39, 0.29) is 0 Å². The zero-order valence-electron chi connectivity index (χ0n) is 12.0. The summed E-state index contributed by atoms with van der Waals surface area (Å²) in [5.41, 5.74) is 1.78. The molecule has 1 saturated carbocycles. The van der Waals surface area contributed by atoms with E-state index in [9.17, 15) is 0 Å². The van der Waals surface area contributed by atoms with E-state index < -0.39 is 0 Å². The third-order valence-corrected chi connectivity index (χ3v) is 4.65. The fourth-order valence-electron chi connectivity index (χ4n) is 3.44. The number of anilines is 1. The maximum atomic E-state index is 3.77. The Hall–Kier alpha value is -0.630. The highest BCUT2D eigenvalue weighted by atomic mass is 32.2. The smallest absolute Gasteiger partial charge is 0.0480 e. The molecule has 1 nitrogen and oxygen atoms in total. The molecule has 0 spiro atoms. The molecule has 1 aliphatic rings. The predicted molar refractivity (Wildman–Crippen MR) is 82.4 cm³/mol. The van der Waals surface area contributed by atoms with Gasteiger partial charge >= 0.3 is 0 Å². The number of nitrogens with one attached hydrogen (secondary N) is 1. The number of hydrogen-bond donors (Lipinski definition) is 1. The Morgan fingerprint density at radius 2 is 1.94 bits per heavy atom. The van der Waals surface area contributed by atoms with Gasteiger partial charge in [-0.3, -0.25) is 0 Å². The van der Waals surface area contributed by atoms with Gasteiger partial charge in [-0.25, -0.2) is 0 Å². The summed E-state index contributed by atoms with van der Waals surface area (Å²) in [4.78, 5) is 1.36. The molecule has 2 rings (SSSR count). The van der Waals surface area contributed by atoms with Crippen LogP contribution in [-0.2, 0) is 0 Å². The molecule has 2 unspecified atom stereocenters. The quantitative estimate of drug-likeness (QED) is 0.767. The van der Waals surface area contributed by atoms with Crippen LogP contribution in [0, 0.1) is 11.3 Å². The SMILES string of the molecule is CSc1ccccc1NC1CC(C)CC(C)(C)C1. The number of thioether (sulfide) groups is 1. The molecular formula is C16H25NS. The van der Waals surface area contributed by atoms with Crippen molar-refractivity contribution in [3.8, 4) is 0 Å². The molecular weight excluding hydrogens is 238 g/mol. The van der Waals surface area contributed by atoms with E-state index in [1.54, 1.807) is 0 Å². The first-order chi connectivity index (χ1) is 8.50. The van der Waals surface area contributed by atoms with Gasteiger partial charge in [-0.05, 0) is 49.0 Å². The summed E-state index contributed by atoms with van der Waals surface area (Å²) in [6.45, 7) is 7.19. The summed E-state index contributed by atoms with van der Waals surface area (Å²) in [5, 5.41) is 3.77. The second-order valence-electron chi connectivity index (χ2n) is 6.45. The Labute approximate surface area is 116 Å². The Kier molecular flexibility index (Phi) is 4.26. The minimum absolute atomic E-state index is 0.476. The van der Waals surface area contributed by atoms with Crippen LogP contribution < -0.4 is 5.32 Å². The van der Waals surface area contributed by atoms with Gasteiger partial charge in [0.25, 0.3) is 0 Å². The van der Waals surface area contributed by atoms with E-state index >= 15 is 0 Å². The lowest BCUT2D eigenvalue weighted by Crippen LogP contribution is -2.35. The Balaban J connectivity index is 2.09. The van der Waals surface area contributed by atoms with Crippen LogP contribution in [0.1, 0.15) is 40.0 Å². The van der Waals surface area contributed by atoms with Gasteiger partial charge in [-0.1, -0.05) is 32.9 Å². The Morgan fingerprint density at radius 1 is 1.22 bits per heavy atom. The van der Waals surface area contributed by atoms with Crippen molar-refractivity contribution in [2.75, 3.05) is 11.6 Å². The van der Waals surface area contributed by atoms with Gasteiger partial charge in [-0.15, -0.1) is 11.8 Å². The molecule has 0 aliphatic heterocycles. The summed E-state index contributed by atoms with van der Waals surface area (Å²) in [7, 11) is 0. The highest BCUT2D eigenvalue weighted by Gasteiger charge is 2.32. The second-order valence-corrected chi connectivity index (χ2v) is 7.30. The standard InChI is InChI=1S/C16H25NS/c1-12-9-13(11-16(2,3)10-12)17-14-7-5-6-8-15(14)18-4/h5-8,12-13,17H,9-11H2,1-4H3. The third kappa shape index (κ3) is 3.44. The Morgan fingerprint density at radius 3 is 2.61 bits per heavy atom. The molecule has 2 atom stereocenters. The van der Waals surface area contributed by atoms with Crippen LogP contribution in [-0.4, -0.2) is 12.3 Å². The van der Waals surface area contributed by atoms with E-state index in [0.717, 1.165) is 5.92 Å². The number of benzene rings is 1. The maximum absolute atomic E-state index is 3.77. The highest BCUT2D eigenvalue weighted by Crippen LogP contribution is 2.40. The van der Waals surface area contributed by atoms with Crippen molar-refractivity contribution < 1.29 is 0 Å². The van der Waals surface area contributed by atoms with E-state index in [1.165, 1.54) is 29.8 Å². The third-order valence-electron chi connectivity index (χ3n) is 3.85. The predicted octanol–water partition coefficient (Wildman–Crippen LogP) is 5.04. The molecule has 0 amide bonds. The van der Waals surface area contributed by atoms with E-state index in [4.69, 9.17) is 0 Å². The number of para-hydroxylation sites is 1. The first kappa shape index (κ1) is 13.8. The second kappa shape index (κ2) is 5.56. The van der Waals surface area contributed by atoms with Gasteiger partial charge in [-0.2, -0.15) is 0 Å². The summed E-state index contributed by atoms with van der Waals surface area (Å²) in [6, 6.07) is 9.27. The molecule has 0 radical (unpaired) electrons. The average molecular weight is 263 g/mol. The fourth-order valence-corrected chi connectivity index (χ4v) is 4.00. The topological polar surface area (TPSA) is 12.0 Å². The van der Waals surface area contributed by atoms with Crippen molar-refractivity contribution in [1.29, 1.82) is 0 Å². The van der Waals surface area contributed by atoms with Crippen LogP contribution >= 0.6 is 11.8 Å². The van der Waals surface area contributed by atoms with E-state index in [2.05, 4.69) is 56.6 Å². The summed E-state index contributed by atoms with van der Waals surface area (Å²) in [6.07, 6.45) is 6.08. The lowest BCUT2D eigenvalue weighted by atomic mass is 9.70. The molecule has 1 N–H and O–H groups in total. The largest absolute Gasteiger partial charge is 0.381 e. The van der Waals surface area contributed by atoms with Crippen LogP contribution in [0.3, 0.4) is 0 Å². The Bertz CT molecular complexity index is 400. The van der Waals surface area contributed by atoms with Gasteiger partial charge in [0, 0.05) is 16.6 Å². The molecule has 1 aliphatic carbocycles. The summed E-state index contributed by atoms with van der Waals surface area (Å²) >= 11 is 1.82. The summed E-state index contributed by atoms with van der Waals surface area (Å²) in [5.74, 6) is 0.827. The van der Waals surface area contributed by atoms with Crippen molar-refractivity contribution in [3.05, 3.63) is 24.3 Å². The van der Waals surface area contributed by atoms with Gasteiger partial charge in [0.15, 0.2) is 0 Å². The molecule has 0 saturated heterocycles. The minimum atomic E-state index is 0.476. The molecule has 2 heteroatoms. The summed E-state index contributed by atoms with van der Waals surface area (Å²) < 4.78 is 0. The van der Waals surface area contributed by atoms with E-state index in [0.29, 0.717) is 11.5 Å². The molecule has 18 heavy (non-hydrogen) atoms. The molecule has 100 valence electrons. The normalized spacial score (nSPS) is 26.9. The number of hydrogen-bond acceptors (Lipinski definition) is 2. The first-order valence-corrected chi connectivity index (χ1v) is 8.12. The number of rotatable bonds is 3. The molecule has 0 bridgehead atoms. The fraction of sp³-hybridized carbons (Fsp3) is 0.625. The van der Waals surface area contributed by atoms with E-state index in [1.807, 2.05) is 11.8 Å². The molecule has 1 fully saturated rings. The molecule has 1 aromatic carbocycles. The van der Waals surface area contributed by atoms with Crippen LogP contribution in [0.15, 0.2) is 29.2 Å². The maximum Gasteiger partial charge on any atom is 0.0480 e. The molecule has 1 aromatic rings. The zero-order chi connectivity index (χ0) is 13.2. The van der Waals surface area contributed by atoms with Gasteiger partial charge in [0.2, 0.25) is 0 Å². The minimum Gasteiger partial charge on any atom is -0.381 e. The monoisotopic (exact) mass is 263 g/mol. The van der Waals surface area contributed by atoms with Crippen molar-refractivity contribution in [2.24, 2.45) is 11.3 Å². The highest BCUT2D eigenvalue weighted by molar-refractivity contribution is 7.98. The lowest BCUT2D eigenvalue weighted by molar-refractivity contribution is 0.178. The van der Waals surface area contributed by atoms with Gasteiger partial charge in [0.1, 0.15) is 0 Å². The van der Waals surface area contributed by atoms with Crippen LogP contribution in [0.5, 0.6) is 0 Å². The van der Waals surface area contributed by atoms with Gasteiger partial charge in [0.05, 0.1) is 0 Å². The zero-order valence-corrected chi connectivity index (χ0v) is 12.8. The van der Waals surface area contributed by atoms with Crippen LogP contribution in [0.4, 0.5) is 5.69 Å². The molecule has 0 aromatic heterocycles. The van der Waals surface area contributed by atoms with Crippen molar-refractivity contribution in [3.63, 3.8) is 0 Å². The first-order valence-electron chi connectivity index (χ1n) is 6.90. The van der Waals surface area contributed by atoms with Crippen molar-refractivity contribution in [1.82, 2.24) is 0 Å². The molecule has 0 heterocycles. The average Bonchev–Trinajstić information content (AvgIpc) is 2.27.